The van der Waals surface area contributed by atoms with Crippen molar-refractivity contribution in [3.8, 4) is 5.75 Å². The SMILES string of the molecule is CC(C)Oc1ccc(NC[C@H](O)CO)cc1. The van der Waals surface area contributed by atoms with E-state index in [0.717, 1.165) is 11.4 Å². The fourth-order valence-electron chi connectivity index (χ4n) is 1.22. The van der Waals surface area contributed by atoms with E-state index in [-0.39, 0.29) is 12.7 Å². The normalized spacial score (nSPS) is 12.6. The van der Waals surface area contributed by atoms with Crippen LogP contribution in [0.5, 0.6) is 5.75 Å². The molecule has 0 bridgehead atoms. The first-order valence-electron chi connectivity index (χ1n) is 5.41. The maximum Gasteiger partial charge on any atom is 0.119 e. The molecule has 0 saturated carbocycles. The van der Waals surface area contributed by atoms with Crippen molar-refractivity contribution in [2.75, 3.05) is 18.5 Å². The summed E-state index contributed by atoms with van der Waals surface area (Å²) in [6.45, 7) is 4.05. The molecule has 90 valence electrons. The molecule has 0 aliphatic carbocycles. The molecule has 0 aliphatic heterocycles. The minimum Gasteiger partial charge on any atom is -0.491 e. The van der Waals surface area contributed by atoms with Crippen LogP contribution in [0.15, 0.2) is 24.3 Å². The van der Waals surface area contributed by atoms with Crippen LogP contribution in [-0.2, 0) is 0 Å². The van der Waals surface area contributed by atoms with Gasteiger partial charge in [-0.15, -0.1) is 0 Å². The topological polar surface area (TPSA) is 61.7 Å². The second-order valence-corrected chi connectivity index (χ2v) is 3.91. The van der Waals surface area contributed by atoms with Crippen molar-refractivity contribution in [1.29, 1.82) is 0 Å². The Morgan fingerprint density at radius 1 is 1.25 bits per heavy atom. The van der Waals surface area contributed by atoms with E-state index in [1.54, 1.807) is 0 Å². The summed E-state index contributed by atoms with van der Waals surface area (Å²) in [4.78, 5) is 0. The molecule has 3 N–H and O–H groups in total. The Bertz CT molecular complexity index is 298. The van der Waals surface area contributed by atoms with E-state index in [2.05, 4.69) is 5.32 Å². The van der Waals surface area contributed by atoms with Crippen molar-refractivity contribution in [1.82, 2.24) is 0 Å². The van der Waals surface area contributed by atoms with Crippen LogP contribution in [0.1, 0.15) is 13.8 Å². The van der Waals surface area contributed by atoms with E-state index < -0.39 is 6.10 Å². The van der Waals surface area contributed by atoms with Crippen LogP contribution in [0.4, 0.5) is 5.69 Å². The summed E-state index contributed by atoms with van der Waals surface area (Å²) >= 11 is 0. The quantitative estimate of drug-likeness (QED) is 0.681. The van der Waals surface area contributed by atoms with Gasteiger partial charge in [-0.1, -0.05) is 0 Å². The van der Waals surface area contributed by atoms with Crippen molar-refractivity contribution in [2.45, 2.75) is 26.1 Å². The zero-order chi connectivity index (χ0) is 12.0. The van der Waals surface area contributed by atoms with E-state index in [1.807, 2.05) is 38.1 Å². The molecule has 0 spiro atoms. The molecule has 0 radical (unpaired) electrons. The van der Waals surface area contributed by atoms with Crippen LogP contribution in [0, 0.1) is 0 Å². The average molecular weight is 225 g/mol. The highest BCUT2D eigenvalue weighted by Gasteiger charge is 2.01. The van der Waals surface area contributed by atoms with Gasteiger partial charge >= 0.3 is 0 Å². The third-order valence-electron chi connectivity index (χ3n) is 1.98. The number of anilines is 1. The van der Waals surface area contributed by atoms with E-state index in [4.69, 9.17) is 14.9 Å². The number of ether oxygens (including phenoxy) is 1. The van der Waals surface area contributed by atoms with Crippen molar-refractivity contribution >= 4 is 5.69 Å². The van der Waals surface area contributed by atoms with Crippen LogP contribution in [0.3, 0.4) is 0 Å². The lowest BCUT2D eigenvalue weighted by atomic mass is 10.3. The number of aliphatic hydroxyl groups is 2. The largest absolute Gasteiger partial charge is 0.491 e. The van der Waals surface area contributed by atoms with Crippen LogP contribution < -0.4 is 10.1 Å². The highest BCUT2D eigenvalue weighted by molar-refractivity contribution is 5.46. The molecule has 0 amide bonds. The Hall–Kier alpha value is -1.26. The number of hydrogen-bond acceptors (Lipinski definition) is 4. The van der Waals surface area contributed by atoms with E-state index in [9.17, 15) is 0 Å². The molecular weight excluding hydrogens is 206 g/mol. The zero-order valence-corrected chi connectivity index (χ0v) is 9.68. The van der Waals surface area contributed by atoms with Gasteiger partial charge in [0.15, 0.2) is 0 Å². The van der Waals surface area contributed by atoms with Crippen molar-refractivity contribution in [3.05, 3.63) is 24.3 Å². The number of nitrogens with one attached hydrogen (secondary N) is 1. The van der Waals surface area contributed by atoms with Crippen LogP contribution >= 0.6 is 0 Å². The molecule has 0 saturated heterocycles. The lowest BCUT2D eigenvalue weighted by Crippen LogP contribution is -2.22. The molecule has 0 aromatic heterocycles. The molecule has 1 atom stereocenters. The molecule has 1 aromatic rings. The highest BCUT2D eigenvalue weighted by atomic mass is 16.5. The van der Waals surface area contributed by atoms with Crippen LogP contribution in [-0.4, -0.2) is 35.6 Å². The Morgan fingerprint density at radius 2 is 1.88 bits per heavy atom. The summed E-state index contributed by atoms with van der Waals surface area (Å²) in [5, 5.41) is 20.8. The molecule has 16 heavy (non-hydrogen) atoms. The van der Waals surface area contributed by atoms with Crippen molar-refractivity contribution in [3.63, 3.8) is 0 Å². The summed E-state index contributed by atoms with van der Waals surface area (Å²) in [6, 6.07) is 7.49. The summed E-state index contributed by atoms with van der Waals surface area (Å²) in [7, 11) is 0. The third kappa shape index (κ3) is 4.51. The maximum atomic E-state index is 9.16. The second-order valence-electron chi connectivity index (χ2n) is 3.91. The van der Waals surface area contributed by atoms with E-state index in [1.165, 1.54) is 0 Å². The smallest absolute Gasteiger partial charge is 0.119 e. The molecule has 4 heteroatoms. The van der Waals surface area contributed by atoms with Gasteiger partial charge in [0, 0.05) is 12.2 Å². The minimum atomic E-state index is -0.730. The predicted molar refractivity (Wildman–Crippen MR) is 63.8 cm³/mol. The van der Waals surface area contributed by atoms with E-state index in [0.29, 0.717) is 6.54 Å². The Kier molecular flexibility index (Phi) is 5.08. The fraction of sp³-hybridized carbons (Fsp3) is 0.500. The van der Waals surface area contributed by atoms with Crippen molar-refractivity contribution < 1.29 is 14.9 Å². The summed E-state index contributed by atoms with van der Waals surface area (Å²) < 4.78 is 5.50. The monoisotopic (exact) mass is 225 g/mol. The lowest BCUT2D eigenvalue weighted by molar-refractivity contribution is 0.105. The predicted octanol–water partition coefficient (Wildman–Crippen LogP) is 1.24. The molecular formula is C12H19NO3. The fourth-order valence-corrected chi connectivity index (χ4v) is 1.22. The second kappa shape index (κ2) is 6.35. The van der Waals surface area contributed by atoms with Gasteiger partial charge in [0.2, 0.25) is 0 Å². The first-order chi connectivity index (χ1) is 7.61. The summed E-state index contributed by atoms with van der Waals surface area (Å²) in [5.41, 5.74) is 0.892. The van der Waals surface area contributed by atoms with Crippen molar-refractivity contribution in [2.24, 2.45) is 0 Å². The average Bonchev–Trinajstić information content (AvgIpc) is 2.27. The van der Waals surface area contributed by atoms with Gasteiger partial charge in [0.05, 0.1) is 18.8 Å². The van der Waals surface area contributed by atoms with Gasteiger partial charge in [0.1, 0.15) is 5.75 Å². The van der Waals surface area contributed by atoms with Gasteiger partial charge in [-0.05, 0) is 38.1 Å². The number of hydrogen-bond donors (Lipinski definition) is 3. The molecule has 0 heterocycles. The standard InChI is InChI=1S/C12H19NO3/c1-9(2)16-12-5-3-10(4-6-12)13-7-11(15)8-14/h3-6,9,11,13-15H,7-8H2,1-2H3/t11-/m0/s1. The minimum absolute atomic E-state index is 0.162. The van der Waals surface area contributed by atoms with Gasteiger partial charge in [0.25, 0.3) is 0 Å². The van der Waals surface area contributed by atoms with Gasteiger partial charge in [-0.2, -0.15) is 0 Å². The number of benzene rings is 1. The Morgan fingerprint density at radius 3 is 2.38 bits per heavy atom. The lowest BCUT2D eigenvalue weighted by Gasteiger charge is -2.12. The zero-order valence-electron chi connectivity index (χ0n) is 9.68. The maximum absolute atomic E-state index is 9.16. The molecule has 0 unspecified atom stereocenters. The van der Waals surface area contributed by atoms with Gasteiger partial charge in [-0.25, -0.2) is 0 Å². The first kappa shape index (κ1) is 12.8. The number of rotatable bonds is 6. The van der Waals surface area contributed by atoms with Crippen LogP contribution in [0.2, 0.25) is 0 Å². The van der Waals surface area contributed by atoms with Crippen LogP contribution in [0.25, 0.3) is 0 Å². The molecule has 1 rings (SSSR count). The summed E-state index contributed by atoms with van der Waals surface area (Å²) in [5.74, 6) is 0.822. The Balaban J connectivity index is 2.45. The molecule has 0 aliphatic rings. The first-order valence-corrected chi connectivity index (χ1v) is 5.41. The van der Waals surface area contributed by atoms with E-state index >= 15 is 0 Å². The Labute approximate surface area is 95.9 Å². The van der Waals surface area contributed by atoms with Gasteiger partial charge in [-0.3, -0.25) is 0 Å². The third-order valence-corrected chi connectivity index (χ3v) is 1.98. The highest BCUT2D eigenvalue weighted by Crippen LogP contribution is 2.16. The number of aliphatic hydroxyl groups excluding tert-OH is 2. The molecule has 1 aromatic carbocycles. The molecule has 0 fully saturated rings. The van der Waals surface area contributed by atoms with Gasteiger partial charge < -0.3 is 20.3 Å². The molecule has 4 nitrogen and oxygen atoms in total. The summed E-state index contributed by atoms with van der Waals surface area (Å²) in [6.07, 6.45) is -0.568.